The molecule has 102 valence electrons. The van der Waals surface area contributed by atoms with Crippen LogP contribution < -0.4 is 10.6 Å². The van der Waals surface area contributed by atoms with E-state index >= 15 is 0 Å². The first-order valence-corrected chi connectivity index (χ1v) is 6.40. The van der Waals surface area contributed by atoms with Crippen molar-refractivity contribution in [2.24, 2.45) is 0 Å². The Labute approximate surface area is 111 Å². The van der Waals surface area contributed by atoms with Crippen molar-refractivity contribution in [3.05, 3.63) is 0 Å². The zero-order valence-corrected chi connectivity index (χ0v) is 12.0. The van der Waals surface area contributed by atoms with E-state index in [0.29, 0.717) is 0 Å². The molecule has 1 aliphatic rings. The van der Waals surface area contributed by atoms with Crippen LogP contribution in [0.3, 0.4) is 0 Å². The quantitative estimate of drug-likeness (QED) is 0.796. The van der Waals surface area contributed by atoms with E-state index in [-0.39, 0.29) is 30.4 Å². The SMILES string of the molecule is CCC(C)NC(=O)C(C)N1CCCNCC1.Cl. The van der Waals surface area contributed by atoms with Crippen molar-refractivity contribution in [2.45, 2.75) is 45.7 Å². The van der Waals surface area contributed by atoms with E-state index in [1.807, 2.05) is 6.92 Å². The smallest absolute Gasteiger partial charge is 0.237 e. The second-order valence-corrected chi connectivity index (χ2v) is 4.63. The van der Waals surface area contributed by atoms with Gasteiger partial charge in [-0.05, 0) is 33.2 Å². The van der Waals surface area contributed by atoms with Crippen LogP contribution in [0.25, 0.3) is 0 Å². The number of rotatable bonds is 4. The number of carbonyl (C=O) groups is 1. The molecule has 1 fully saturated rings. The molecule has 0 radical (unpaired) electrons. The van der Waals surface area contributed by atoms with Crippen LogP contribution in [-0.4, -0.2) is 49.1 Å². The number of nitrogens with zero attached hydrogens (tertiary/aromatic N) is 1. The van der Waals surface area contributed by atoms with Gasteiger partial charge in [-0.3, -0.25) is 9.69 Å². The lowest BCUT2D eigenvalue weighted by Gasteiger charge is -2.27. The standard InChI is InChI=1S/C12H25N3O.ClH/c1-4-10(2)14-12(16)11(3)15-8-5-6-13-7-9-15;/h10-11,13H,4-9H2,1-3H3,(H,14,16);1H. The van der Waals surface area contributed by atoms with Gasteiger partial charge in [-0.1, -0.05) is 6.92 Å². The number of hydrogen-bond acceptors (Lipinski definition) is 3. The Bertz CT molecular complexity index is 218. The van der Waals surface area contributed by atoms with Gasteiger partial charge in [0.1, 0.15) is 0 Å². The minimum atomic E-state index is -0.00565. The van der Waals surface area contributed by atoms with Crippen LogP contribution in [0.1, 0.15) is 33.6 Å². The molecule has 1 saturated heterocycles. The summed E-state index contributed by atoms with van der Waals surface area (Å²) in [4.78, 5) is 14.2. The predicted molar refractivity (Wildman–Crippen MR) is 73.7 cm³/mol. The highest BCUT2D eigenvalue weighted by molar-refractivity contribution is 5.85. The van der Waals surface area contributed by atoms with Crippen molar-refractivity contribution in [3.8, 4) is 0 Å². The first-order chi connectivity index (χ1) is 7.65. The third-order valence-corrected chi connectivity index (χ3v) is 3.30. The number of amides is 1. The van der Waals surface area contributed by atoms with Crippen LogP contribution in [-0.2, 0) is 4.79 Å². The Balaban J connectivity index is 0.00000256. The van der Waals surface area contributed by atoms with E-state index in [1.165, 1.54) is 0 Å². The summed E-state index contributed by atoms with van der Waals surface area (Å²) in [5.41, 5.74) is 0. The van der Waals surface area contributed by atoms with E-state index in [0.717, 1.165) is 39.0 Å². The lowest BCUT2D eigenvalue weighted by atomic mass is 10.2. The zero-order valence-electron chi connectivity index (χ0n) is 11.2. The lowest BCUT2D eigenvalue weighted by molar-refractivity contribution is -0.126. The number of nitrogens with one attached hydrogen (secondary N) is 2. The van der Waals surface area contributed by atoms with Crippen LogP contribution in [0, 0.1) is 0 Å². The van der Waals surface area contributed by atoms with Gasteiger partial charge in [0, 0.05) is 25.7 Å². The Morgan fingerprint density at radius 2 is 2.06 bits per heavy atom. The third kappa shape index (κ3) is 5.70. The van der Waals surface area contributed by atoms with Gasteiger partial charge >= 0.3 is 0 Å². The number of hydrogen-bond donors (Lipinski definition) is 2. The molecule has 0 spiro atoms. The van der Waals surface area contributed by atoms with Crippen molar-refractivity contribution < 1.29 is 4.79 Å². The maximum atomic E-state index is 12.0. The van der Waals surface area contributed by atoms with Gasteiger partial charge in [-0.15, -0.1) is 12.4 Å². The summed E-state index contributed by atoms with van der Waals surface area (Å²) in [5.74, 6) is 0.163. The lowest BCUT2D eigenvalue weighted by Crippen LogP contribution is -2.48. The average molecular weight is 264 g/mol. The fraction of sp³-hybridized carbons (Fsp3) is 0.917. The van der Waals surface area contributed by atoms with Crippen molar-refractivity contribution in [3.63, 3.8) is 0 Å². The molecule has 1 amide bonds. The van der Waals surface area contributed by atoms with E-state index < -0.39 is 0 Å². The van der Waals surface area contributed by atoms with Gasteiger partial charge in [0.05, 0.1) is 6.04 Å². The van der Waals surface area contributed by atoms with E-state index in [1.54, 1.807) is 0 Å². The number of carbonyl (C=O) groups excluding carboxylic acids is 1. The highest BCUT2D eigenvalue weighted by Gasteiger charge is 2.22. The maximum Gasteiger partial charge on any atom is 0.237 e. The van der Waals surface area contributed by atoms with Crippen molar-refractivity contribution >= 4 is 18.3 Å². The monoisotopic (exact) mass is 263 g/mol. The molecule has 1 heterocycles. The van der Waals surface area contributed by atoms with Gasteiger partial charge in [0.2, 0.25) is 5.91 Å². The molecule has 0 aromatic carbocycles. The van der Waals surface area contributed by atoms with Gasteiger partial charge in [-0.2, -0.15) is 0 Å². The van der Waals surface area contributed by atoms with Crippen LogP contribution in [0.2, 0.25) is 0 Å². The molecule has 0 aromatic rings. The normalized spacial score (nSPS) is 20.9. The molecule has 1 rings (SSSR count). The summed E-state index contributed by atoms with van der Waals surface area (Å²) in [5, 5.41) is 6.40. The Hall–Kier alpha value is -0.320. The molecule has 0 saturated carbocycles. The zero-order chi connectivity index (χ0) is 12.0. The number of halogens is 1. The molecular formula is C12H26ClN3O. The van der Waals surface area contributed by atoms with Gasteiger partial charge in [0.15, 0.2) is 0 Å². The summed E-state index contributed by atoms with van der Waals surface area (Å²) in [6.45, 7) is 10.2. The molecule has 0 bridgehead atoms. The first-order valence-electron chi connectivity index (χ1n) is 6.40. The van der Waals surface area contributed by atoms with E-state index in [4.69, 9.17) is 0 Å². The molecule has 2 N–H and O–H groups in total. The average Bonchev–Trinajstić information content (AvgIpc) is 2.56. The molecular weight excluding hydrogens is 238 g/mol. The topological polar surface area (TPSA) is 44.4 Å². The van der Waals surface area contributed by atoms with E-state index in [2.05, 4.69) is 29.4 Å². The molecule has 2 atom stereocenters. The maximum absolute atomic E-state index is 12.0. The Morgan fingerprint density at radius 1 is 1.35 bits per heavy atom. The fourth-order valence-electron chi connectivity index (χ4n) is 1.89. The van der Waals surface area contributed by atoms with Crippen LogP contribution in [0.4, 0.5) is 0 Å². The van der Waals surface area contributed by atoms with Gasteiger partial charge in [-0.25, -0.2) is 0 Å². The van der Waals surface area contributed by atoms with E-state index in [9.17, 15) is 4.79 Å². The summed E-state index contributed by atoms with van der Waals surface area (Å²) in [7, 11) is 0. The Kier molecular flexibility index (Phi) is 8.56. The fourth-order valence-corrected chi connectivity index (χ4v) is 1.89. The molecule has 0 aromatic heterocycles. The molecule has 0 aliphatic carbocycles. The van der Waals surface area contributed by atoms with Crippen LogP contribution >= 0.6 is 12.4 Å². The minimum absolute atomic E-state index is 0. The minimum Gasteiger partial charge on any atom is -0.352 e. The second kappa shape index (κ2) is 8.72. The predicted octanol–water partition coefficient (Wildman–Crippen LogP) is 1.01. The largest absolute Gasteiger partial charge is 0.352 e. The molecule has 1 aliphatic heterocycles. The van der Waals surface area contributed by atoms with Crippen molar-refractivity contribution in [1.29, 1.82) is 0 Å². The highest BCUT2D eigenvalue weighted by Crippen LogP contribution is 2.03. The van der Waals surface area contributed by atoms with Gasteiger partial charge in [0.25, 0.3) is 0 Å². The molecule has 17 heavy (non-hydrogen) atoms. The second-order valence-electron chi connectivity index (χ2n) is 4.63. The van der Waals surface area contributed by atoms with Crippen LogP contribution in [0.15, 0.2) is 0 Å². The summed E-state index contributed by atoms with van der Waals surface area (Å²) < 4.78 is 0. The van der Waals surface area contributed by atoms with Crippen molar-refractivity contribution in [1.82, 2.24) is 15.5 Å². The molecule has 4 nitrogen and oxygen atoms in total. The van der Waals surface area contributed by atoms with Crippen LogP contribution in [0.5, 0.6) is 0 Å². The summed E-state index contributed by atoms with van der Waals surface area (Å²) >= 11 is 0. The molecule has 2 unspecified atom stereocenters. The summed E-state index contributed by atoms with van der Waals surface area (Å²) in [6, 6.07) is 0.272. The summed E-state index contributed by atoms with van der Waals surface area (Å²) in [6.07, 6.45) is 2.11. The van der Waals surface area contributed by atoms with Gasteiger partial charge < -0.3 is 10.6 Å². The van der Waals surface area contributed by atoms with Crippen molar-refractivity contribution in [2.75, 3.05) is 26.2 Å². The Morgan fingerprint density at radius 3 is 2.71 bits per heavy atom. The first kappa shape index (κ1) is 16.7. The molecule has 5 heteroatoms. The third-order valence-electron chi connectivity index (χ3n) is 3.30. The highest BCUT2D eigenvalue weighted by atomic mass is 35.5.